The molecule has 0 bridgehead atoms. The summed E-state index contributed by atoms with van der Waals surface area (Å²) in [6, 6.07) is 5.05. The zero-order valence-electron chi connectivity index (χ0n) is 15.1. The number of carbonyl (C=O) groups excluding carboxylic acids is 1. The number of H-pyrrole nitrogens is 1. The lowest BCUT2D eigenvalue weighted by Gasteiger charge is -2.12. The third-order valence-electron chi connectivity index (χ3n) is 4.43. The van der Waals surface area contributed by atoms with E-state index in [4.69, 9.17) is 10.5 Å². The van der Waals surface area contributed by atoms with Gasteiger partial charge in [0.2, 0.25) is 5.91 Å². The molecule has 4 N–H and O–H groups in total. The zero-order chi connectivity index (χ0) is 19.0. The minimum Gasteiger partial charge on any atom is -0.495 e. The highest BCUT2D eigenvalue weighted by atomic mass is 16.5. The summed E-state index contributed by atoms with van der Waals surface area (Å²) in [5.41, 5.74) is 9.48. The molecular weight excluding hydrogens is 334 g/mol. The van der Waals surface area contributed by atoms with E-state index in [0.717, 1.165) is 11.1 Å². The maximum Gasteiger partial charge on any atom is 0.273 e. The summed E-state index contributed by atoms with van der Waals surface area (Å²) in [6.45, 7) is 3.66. The number of aryl methyl sites for hydroxylation is 3. The van der Waals surface area contributed by atoms with Gasteiger partial charge in [-0.3, -0.25) is 19.4 Å². The van der Waals surface area contributed by atoms with Gasteiger partial charge in [-0.1, -0.05) is 0 Å². The van der Waals surface area contributed by atoms with Crippen molar-refractivity contribution in [1.29, 1.82) is 0 Å². The van der Waals surface area contributed by atoms with Gasteiger partial charge in [0.1, 0.15) is 5.75 Å². The first kappa shape index (κ1) is 17.5. The highest BCUT2D eigenvalue weighted by Crippen LogP contribution is 2.25. The van der Waals surface area contributed by atoms with Gasteiger partial charge in [0, 0.05) is 18.4 Å². The fourth-order valence-electron chi connectivity index (χ4n) is 3.09. The Balaban J connectivity index is 1.89. The summed E-state index contributed by atoms with van der Waals surface area (Å²) >= 11 is 0. The summed E-state index contributed by atoms with van der Waals surface area (Å²) in [5.74, 6) is 0.335. The van der Waals surface area contributed by atoms with Crippen LogP contribution in [-0.4, -0.2) is 27.8 Å². The number of anilines is 2. The van der Waals surface area contributed by atoms with Crippen LogP contribution in [0.15, 0.2) is 23.0 Å². The van der Waals surface area contributed by atoms with Gasteiger partial charge in [0.15, 0.2) is 5.65 Å². The zero-order valence-corrected chi connectivity index (χ0v) is 15.1. The molecule has 8 heteroatoms. The first-order valence-corrected chi connectivity index (χ1v) is 8.10. The Hall–Kier alpha value is -3.29. The molecule has 2 heterocycles. The number of pyridine rings is 1. The number of hydrogen-bond acceptors (Lipinski definition) is 5. The molecule has 26 heavy (non-hydrogen) atoms. The molecule has 3 aromatic rings. The normalized spacial score (nSPS) is 10.9. The van der Waals surface area contributed by atoms with E-state index in [1.54, 1.807) is 29.9 Å². The summed E-state index contributed by atoms with van der Waals surface area (Å²) in [7, 11) is 3.26. The molecule has 0 fully saturated rings. The van der Waals surface area contributed by atoms with E-state index in [1.165, 1.54) is 7.11 Å². The number of amides is 1. The van der Waals surface area contributed by atoms with E-state index in [9.17, 15) is 9.59 Å². The van der Waals surface area contributed by atoms with Gasteiger partial charge in [-0.2, -0.15) is 0 Å². The lowest BCUT2D eigenvalue weighted by molar-refractivity contribution is -0.115. The Morgan fingerprint density at radius 3 is 2.77 bits per heavy atom. The smallest absolute Gasteiger partial charge is 0.273 e. The maximum atomic E-state index is 12.5. The molecule has 0 saturated carbocycles. The number of benzene rings is 1. The van der Waals surface area contributed by atoms with Crippen LogP contribution in [0, 0.1) is 13.8 Å². The Bertz CT molecular complexity index is 1060. The lowest BCUT2D eigenvalue weighted by atomic mass is 10.0. The van der Waals surface area contributed by atoms with Crippen molar-refractivity contribution >= 4 is 28.3 Å². The first-order valence-electron chi connectivity index (χ1n) is 8.10. The predicted octanol–water partition coefficient (Wildman–Crippen LogP) is 1.65. The van der Waals surface area contributed by atoms with Crippen LogP contribution in [-0.2, 0) is 18.3 Å². The summed E-state index contributed by atoms with van der Waals surface area (Å²) in [5, 5.41) is 6.01. The molecule has 0 saturated heterocycles. The van der Waals surface area contributed by atoms with Gasteiger partial charge in [-0.05, 0) is 43.2 Å². The number of fused-ring (bicyclic) bond motifs is 1. The Kier molecular flexibility index (Phi) is 4.41. The minimum absolute atomic E-state index is 0.112. The number of carbonyl (C=O) groups is 1. The van der Waals surface area contributed by atoms with Gasteiger partial charge in [-0.15, -0.1) is 0 Å². The van der Waals surface area contributed by atoms with E-state index >= 15 is 0 Å². The van der Waals surface area contributed by atoms with Crippen molar-refractivity contribution < 1.29 is 9.53 Å². The second-order valence-corrected chi connectivity index (χ2v) is 6.18. The van der Waals surface area contributed by atoms with Crippen molar-refractivity contribution in [2.75, 3.05) is 18.2 Å². The molecule has 0 unspecified atom stereocenters. The number of rotatable bonds is 4. The molecule has 3 rings (SSSR count). The predicted molar refractivity (Wildman–Crippen MR) is 101 cm³/mol. The van der Waals surface area contributed by atoms with Crippen molar-refractivity contribution in [3.05, 3.63) is 45.4 Å². The van der Waals surface area contributed by atoms with Crippen LogP contribution < -0.4 is 21.3 Å². The molecule has 0 atom stereocenters. The molecule has 1 amide bonds. The summed E-state index contributed by atoms with van der Waals surface area (Å²) in [6.07, 6.45) is 0.112. The molecule has 0 aliphatic heterocycles. The molecule has 0 spiro atoms. The van der Waals surface area contributed by atoms with Crippen molar-refractivity contribution in [3.63, 3.8) is 0 Å². The Morgan fingerprint density at radius 2 is 2.12 bits per heavy atom. The van der Waals surface area contributed by atoms with E-state index < -0.39 is 0 Å². The average Bonchev–Trinajstić information content (AvgIpc) is 2.85. The van der Waals surface area contributed by atoms with E-state index in [0.29, 0.717) is 33.9 Å². The van der Waals surface area contributed by atoms with Crippen molar-refractivity contribution in [2.24, 2.45) is 7.05 Å². The number of methoxy groups -OCH3 is 1. The van der Waals surface area contributed by atoms with Crippen LogP contribution in [0.25, 0.3) is 11.0 Å². The number of nitrogen functional groups attached to an aromatic ring is 1. The minimum atomic E-state index is -0.214. The SMILES string of the molecule is COc1ccc(NC(=O)Cc2c(C)nc3c(c2C)c(=O)[nH]n3C)cc1N. The lowest BCUT2D eigenvalue weighted by Crippen LogP contribution is -2.17. The number of nitrogens with zero attached hydrogens (tertiary/aromatic N) is 2. The van der Waals surface area contributed by atoms with E-state index in [2.05, 4.69) is 15.4 Å². The van der Waals surface area contributed by atoms with Crippen molar-refractivity contribution in [3.8, 4) is 5.75 Å². The third kappa shape index (κ3) is 3.01. The molecule has 0 aliphatic carbocycles. The molecular formula is C18H21N5O3. The van der Waals surface area contributed by atoms with Gasteiger partial charge in [0.05, 0.1) is 24.6 Å². The number of nitrogens with two attached hydrogens (primary N) is 1. The number of aromatic nitrogens is 3. The van der Waals surface area contributed by atoms with Crippen LogP contribution in [0.4, 0.5) is 11.4 Å². The molecule has 8 nitrogen and oxygen atoms in total. The van der Waals surface area contributed by atoms with E-state index in [1.807, 2.05) is 13.8 Å². The number of hydrogen-bond donors (Lipinski definition) is 3. The van der Waals surface area contributed by atoms with Gasteiger partial charge < -0.3 is 15.8 Å². The standard InChI is InChI=1S/C18H21N5O3/c1-9-12(10(2)20-17-16(9)18(25)22-23(17)3)8-15(24)21-11-5-6-14(26-4)13(19)7-11/h5-7H,8,19H2,1-4H3,(H,21,24)(H,22,25). The highest BCUT2D eigenvalue weighted by molar-refractivity contribution is 5.94. The molecule has 0 radical (unpaired) electrons. The Labute approximate surface area is 150 Å². The fourth-order valence-corrected chi connectivity index (χ4v) is 3.09. The fraction of sp³-hybridized carbons (Fsp3) is 0.278. The third-order valence-corrected chi connectivity index (χ3v) is 4.43. The Morgan fingerprint density at radius 1 is 1.38 bits per heavy atom. The van der Waals surface area contributed by atoms with E-state index in [-0.39, 0.29) is 17.9 Å². The largest absolute Gasteiger partial charge is 0.495 e. The topological polar surface area (TPSA) is 115 Å². The number of ether oxygens (including phenoxy) is 1. The maximum absolute atomic E-state index is 12.5. The quantitative estimate of drug-likeness (QED) is 0.616. The van der Waals surface area contributed by atoms with Crippen LogP contribution in [0.2, 0.25) is 0 Å². The van der Waals surface area contributed by atoms with Gasteiger partial charge >= 0.3 is 0 Å². The number of nitrogens with one attached hydrogen (secondary N) is 2. The summed E-state index contributed by atoms with van der Waals surface area (Å²) in [4.78, 5) is 29.1. The second-order valence-electron chi connectivity index (χ2n) is 6.18. The van der Waals surface area contributed by atoms with Crippen LogP contribution in [0.3, 0.4) is 0 Å². The second kappa shape index (κ2) is 6.55. The van der Waals surface area contributed by atoms with Gasteiger partial charge in [0.25, 0.3) is 5.56 Å². The van der Waals surface area contributed by atoms with Gasteiger partial charge in [-0.25, -0.2) is 4.98 Å². The molecule has 0 aliphatic rings. The van der Waals surface area contributed by atoms with Crippen LogP contribution >= 0.6 is 0 Å². The van der Waals surface area contributed by atoms with Crippen molar-refractivity contribution in [2.45, 2.75) is 20.3 Å². The molecule has 1 aromatic carbocycles. The molecule has 136 valence electrons. The highest BCUT2D eigenvalue weighted by Gasteiger charge is 2.17. The first-order chi connectivity index (χ1) is 12.3. The number of aromatic amines is 1. The monoisotopic (exact) mass is 355 g/mol. The van der Waals surface area contributed by atoms with Crippen LogP contribution in [0.1, 0.15) is 16.8 Å². The summed E-state index contributed by atoms with van der Waals surface area (Å²) < 4.78 is 6.69. The average molecular weight is 355 g/mol. The van der Waals surface area contributed by atoms with Crippen molar-refractivity contribution in [1.82, 2.24) is 14.8 Å². The van der Waals surface area contributed by atoms with Crippen LogP contribution in [0.5, 0.6) is 5.75 Å². The molecule has 2 aromatic heterocycles.